The summed E-state index contributed by atoms with van der Waals surface area (Å²) in [5, 5.41) is 10.1. The number of pyridine rings is 1. The predicted octanol–water partition coefficient (Wildman–Crippen LogP) is 3.93. The van der Waals surface area contributed by atoms with E-state index in [4.69, 9.17) is 9.98 Å². The third-order valence-corrected chi connectivity index (χ3v) is 6.96. The van der Waals surface area contributed by atoms with Gasteiger partial charge in [-0.05, 0) is 44.0 Å². The summed E-state index contributed by atoms with van der Waals surface area (Å²) in [7, 11) is 1.90. The maximum Gasteiger partial charge on any atom is 0.219 e. The molecule has 0 bridgehead atoms. The number of halogens is 1. The summed E-state index contributed by atoms with van der Waals surface area (Å²) in [6, 6.07) is 9.36. The van der Waals surface area contributed by atoms with Crippen molar-refractivity contribution >= 4 is 16.8 Å². The highest BCUT2D eigenvalue weighted by Crippen LogP contribution is 2.36. The normalized spacial score (nSPS) is 17.0. The maximum atomic E-state index is 16.0. The Kier molecular flexibility index (Phi) is 6.22. The molecule has 3 aromatic rings. The van der Waals surface area contributed by atoms with Crippen LogP contribution in [0.4, 0.5) is 4.39 Å². The lowest BCUT2D eigenvalue weighted by atomic mass is 9.89. The minimum Gasteiger partial charge on any atom is -0.343 e. The summed E-state index contributed by atoms with van der Waals surface area (Å²) in [6.07, 6.45) is 2.10. The van der Waals surface area contributed by atoms with Gasteiger partial charge >= 0.3 is 0 Å². The Morgan fingerprint density at radius 2 is 2.00 bits per heavy atom. The van der Waals surface area contributed by atoms with E-state index >= 15 is 4.39 Å². The van der Waals surface area contributed by atoms with Gasteiger partial charge in [-0.1, -0.05) is 12.1 Å². The largest absolute Gasteiger partial charge is 0.343 e. The van der Waals surface area contributed by atoms with E-state index in [1.165, 1.54) is 6.92 Å². The molecule has 1 fully saturated rings. The van der Waals surface area contributed by atoms with E-state index in [2.05, 4.69) is 11.1 Å². The molecule has 1 atom stereocenters. The standard InChI is InChI=1S/C26H29FN6O/c1-16-20(14-28)7-6-8-21(16)17(2)30-25-22-13-24(29-15-23(22)32(5)18(3)31-25)26(27)9-11-33(12-10-26)19(4)34/h6-8,13,15,17H,9-12H2,1-5H3. The van der Waals surface area contributed by atoms with Crippen LogP contribution in [0.25, 0.3) is 10.9 Å². The zero-order chi connectivity index (χ0) is 24.6. The SMILES string of the molecule is CC(=O)N1CCC(F)(c2cc3c(=NC(C)c4cccc(C#N)c4C)nc(C)n(C)c3cn2)CC1. The average Bonchev–Trinajstić information content (AvgIpc) is 2.82. The van der Waals surface area contributed by atoms with Crippen LogP contribution < -0.4 is 5.49 Å². The zero-order valence-corrected chi connectivity index (χ0v) is 20.3. The average molecular weight is 461 g/mol. The quantitative estimate of drug-likeness (QED) is 0.593. The summed E-state index contributed by atoms with van der Waals surface area (Å²) in [5.41, 5.74) is 2.54. The number of hydrogen-bond acceptors (Lipinski definition) is 5. The van der Waals surface area contributed by atoms with E-state index in [-0.39, 0.29) is 24.8 Å². The van der Waals surface area contributed by atoms with Crippen molar-refractivity contribution in [3.05, 3.63) is 64.2 Å². The number of aryl methyl sites for hydroxylation is 2. The van der Waals surface area contributed by atoms with Gasteiger partial charge in [0.05, 0.1) is 35.1 Å². The van der Waals surface area contributed by atoms with Gasteiger partial charge in [0.25, 0.3) is 0 Å². The van der Waals surface area contributed by atoms with Crippen LogP contribution in [0.3, 0.4) is 0 Å². The highest BCUT2D eigenvalue weighted by atomic mass is 19.1. The Labute approximate surface area is 198 Å². The Morgan fingerprint density at radius 3 is 2.65 bits per heavy atom. The van der Waals surface area contributed by atoms with Gasteiger partial charge in [0.1, 0.15) is 5.82 Å². The number of hydrogen-bond donors (Lipinski definition) is 0. The molecule has 1 aromatic carbocycles. The number of amides is 1. The number of carbonyl (C=O) groups is 1. The van der Waals surface area contributed by atoms with Crippen molar-refractivity contribution < 1.29 is 9.18 Å². The van der Waals surface area contributed by atoms with Crippen LogP contribution in [0, 0.1) is 25.2 Å². The Bertz CT molecular complexity index is 1380. The zero-order valence-electron chi connectivity index (χ0n) is 20.3. The molecular weight excluding hydrogens is 431 g/mol. The molecule has 2 aromatic heterocycles. The molecule has 176 valence electrons. The second kappa shape index (κ2) is 8.98. The maximum absolute atomic E-state index is 16.0. The van der Waals surface area contributed by atoms with Gasteiger partial charge in [0.2, 0.25) is 5.91 Å². The Hall–Kier alpha value is -3.60. The number of benzene rings is 1. The first-order chi connectivity index (χ1) is 16.1. The van der Waals surface area contributed by atoms with Crippen molar-refractivity contribution in [1.82, 2.24) is 19.4 Å². The molecule has 8 heteroatoms. The molecule has 1 amide bonds. The first kappa shape index (κ1) is 23.6. The van der Waals surface area contributed by atoms with Crippen LogP contribution in [0.15, 0.2) is 35.5 Å². The van der Waals surface area contributed by atoms with Crippen LogP contribution in [0.1, 0.15) is 60.9 Å². The molecular formula is C26H29FN6O. The van der Waals surface area contributed by atoms with Crippen molar-refractivity contribution in [3.63, 3.8) is 0 Å². The first-order valence-electron chi connectivity index (χ1n) is 11.5. The topological polar surface area (TPSA) is 87.2 Å². The van der Waals surface area contributed by atoms with Gasteiger partial charge < -0.3 is 9.47 Å². The molecule has 1 unspecified atom stereocenters. The fraction of sp³-hybridized carbons (Fsp3) is 0.423. The lowest BCUT2D eigenvalue weighted by Gasteiger charge is -2.35. The van der Waals surface area contributed by atoms with Crippen molar-refractivity contribution in [2.75, 3.05) is 13.1 Å². The third kappa shape index (κ3) is 4.18. The van der Waals surface area contributed by atoms with Crippen LogP contribution in [0.5, 0.6) is 0 Å². The highest BCUT2D eigenvalue weighted by Gasteiger charge is 2.38. The fourth-order valence-corrected chi connectivity index (χ4v) is 4.61. The molecule has 1 aliphatic rings. The van der Waals surface area contributed by atoms with Gasteiger partial charge in [-0.2, -0.15) is 5.26 Å². The number of piperidine rings is 1. The number of nitrogens with zero attached hydrogens (tertiary/aromatic N) is 6. The summed E-state index contributed by atoms with van der Waals surface area (Å²) < 4.78 is 17.9. The van der Waals surface area contributed by atoms with Crippen LogP contribution in [-0.4, -0.2) is 38.4 Å². The van der Waals surface area contributed by atoms with Crippen molar-refractivity contribution in [1.29, 1.82) is 5.26 Å². The predicted molar refractivity (Wildman–Crippen MR) is 127 cm³/mol. The molecule has 7 nitrogen and oxygen atoms in total. The summed E-state index contributed by atoms with van der Waals surface area (Å²) in [6.45, 7) is 8.03. The molecule has 0 radical (unpaired) electrons. The van der Waals surface area contributed by atoms with E-state index < -0.39 is 5.67 Å². The number of aromatic nitrogens is 3. The van der Waals surface area contributed by atoms with Gasteiger partial charge in [0.15, 0.2) is 11.2 Å². The first-order valence-corrected chi connectivity index (χ1v) is 11.5. The van der Waals surface area contributed by atoms with E-state index in [0.29, 0.717) is 29.8 Å². The van der Waals surface area contributed by atoms with Gasteiger partial charge in [-0.25, -0.2) is 9.37 Å². The molecule has 34 heavy (non-hydrogen) atoms. The van der Waals surface area contributed by atoms with E-state index in [9.17, 15) is 10.1 Å². The van der Waals surface area contributed by atoms with Gasteiger partial charge in [-0.15, -0.1) is 0 Å². The summed E-state index contributed by atoms with van der Waals surface area (Å²) in [5.74, 6) is 0.728. The van der Waals surface area contributed by atoms with Crippen LogP contribution in [0.2, 0.25) is 0 Å². The lowest BCUT2D eigenvalue weighted by molar-refractivity contribution is -0.131. The number of nitriles is 1. The minimum atomic E-state index is -1.61. The summed E-state index contributed by atoms with van der Waals surface area (Å²) in [4.78, 5) is 27.4. The van der Waals surface area contributed by atoms with Crippen molar-refractivity contribution in [3.8, 4) is 6.07 Å². The van der Waals surface area contributed by atoms with Gasteiger partial charge in [0, 0.05) is 45.3 Å². The smallest absolute Gasteiger partial charge is 0.219 e. The minimum absolute atomic E-state index is 0.0361. The van der Waals surface area contributed by atoms with Gasteiger partial charge in [-0.3, -0.25) is 14.8 Å². The number of alkyl halides is 1. The van der Waals surface area contributed by atoms with E-state index in [1.807, 2.05) is 44.5 Å². The van der Waals surface area contributed by atoms with E-state index in [1.54, 1.807) is 23.2 Å². The lowest BCUT2D eigenvalue weighted by Crippen LogP contribution is -2.42. The fourth-order valence-electron chi connectivity index (χ4n) is 4.61. The number of rotatable bonds is 3. The van der Waals surface area contributed by atoms with E-state index in [0.717, 1.165) is 27.9 Å². The molecule has 0 saturated carbocycles. The molecule has 1 saturated heterocycles. The highest BCUT2D eigenvalue weighted by molar-refractivity contribution is 5.78. The molecule has 0 spiro atoms. The monoisotopic (exact) mass is 460 g/mol. The number of fused-ring (bicyclic) bond motifs is 1. The summed E-state index contributed by atoms with van der Waals surface area (Å²) >= 11 is 0. The molecule has 0 aliphatic carbocycles. The third-order valence-electron chi connectivity index (χ3n) is 6.96. The van der Waals surface area contributed by atoms with Crippen LogP contribution in [-0.2, 0) is 17.5 Å². The second-order valence-electron chi connectivity index (χ2n) is 9.04. The van der Waals surface area contributed by atoms with Crippen LogP contribution >= 0.6 is 0 Å². The molecule has 4 rings (SSSR count). The van der Waals surface area contributed by atoms with Crippen molar-refractivity contribution in [2.24, 2.45) is 12.0 Å². The Morgan fingerprint density at radius 1 is 1.29 bits per heavy atom. The Balaban J connectivity index is 1.82. The number of carbonyl (C=O) groups excluding carboxylic acids is 1. The molecule has 0 N–H and O–H groups in total. The second-order valence-corrected chi connectivity index (χ2v) is 9.04. The molecule has 3 heterocycles. The number of likely N-dealkylation sites (tertiary alicyclic amines) is 1. The van der Waals surface area contributed by atoms with Crippen molar-refractivity contribution in [2.45, 2.75) is 52.2 Å². The molecule has 1 aliphatic heterocycles.